The van der Waals surface area contributed by atoms with E-state index in [9.17, 15) is 4.79 Å². The van der Waals surface area contributed by atoms with E-state index in [0.29, 0.717) is 23.7 Å². The Bertz CT molecular complexity index is 894. The van der Waals surface area contributed by atoms with E-state index in [2.05, 4.69) is 25.7 Å². The highest BCUT2D eigenvalue weighted by molar-refractivity contribution is 6.31. The molecule has 0 saturated carbocycles. The fourth-order valence-corrected chi connectivity index (χ4v) is 3.53. The molecule has 1 aliphatic heterocycles. The van der Waals surface area contributed by atoms with Crippen molar-refractivity contribution in [1.29, 1.82) is 0 Å². The molecule has 0 radical (unpaired) electrons. The van der Waals surface area contributed by atoms with Gasteiger partial charge in [-0.1, -0.05) is 35.0 Å². The number of hydrogen-bond donors (Lipinski definition) is 0. The first-order chi connectivity index (χ1) is 13.7. The van der Waals surface area contributed by atoms with Crippen LogP contribution in [0.1, 0.15) is 30.6 Å². The summed E-state index contributed by atoms with van der Waals surface area (Å²) in [5, 5.41) is 20.0. The Labute approximate surface area is 166 Å². The van der Waals surface area contributed by atoms with E-state index in [1.54, 1.807) is 17.2 Å². The molecule has 1 atom stereocenters. The van der Waals surface area contributed by atoms with Crippen LogP contribution in [0.2, 0.25) is 5.02 Å². The number of benzene rings is 1. The van der Waals surface area contributed by atoms with Crippen LogP contribution in [-0.4, -0.2) is 59.3 Å². The van der Waals surface area contributed by atoms with Gasteiger partial charge in [-0.3, -0.25) is 0 Å². The average molecular weight is 403 g/mol. The van der Waals surface area contributed by atoms with Crippen LogP contribution < -0.4 is 0 Å². The third-order valence-corrected chi connectivity index (χ3v) is 5.10. The molecule has 1 fully saturated rings. The number of ether oxygens (including phenoxy) is 1. The minimum atomic E-state index is -0.622. The molecule has 28 heavy (non-hydrogen) atoms. The second kappa shape index (κ2) is 8.34. The number of tetrazole rings is 1. The van der Waals surface area contributed by atoms with Crippen molar-refractivity contribution in [1.82, 2.24) is 40.1 Å². The fourth-order valence-electron chi connectivity index (χ4n) is 3.28. The summed E-state index contributed by atoms with van der Waals surface area (Å²) in [6.07, 6.45) is 5.41. The van der Waals surface area contributed by atoms with Crippen molar-refractivity contribution < 1.29 is 9.53 Å². The number of piperidine rings is 1. The smallest absolute Gasteiger partial charge is 0.410 e. The van der Waals surface area contributed by atoms with Crippen LogP contribution >= 0.6 is 11.6 Å². The predicted molar refractivity (Wildman–Crippen MR) is 98.4 cm³/mol. The molecule has 3 aromatic rings. The van der Waals surface area contributed by atoms with Crippen molar-refractivity contribution in [3.05, 3.63) is 53.6 Å². The van der Waals surface area contributed by atoms with Gasteiger partial charge in [0.1, 0.15) is 6.54 Å². The normalized spacial score (nSPS) is 16.1. The van der Waals surface area contributed by atoms with Crippen LogP contribution in [0.3, 0.4) is 0 Å². The SMILES string of the molecule is O=C(OC(Cn1ncnn1)c1ccccc1Cl)N1CCC(n2ccnn2)CC1. The zero-order valence-electron chi connectivity index (χ0n) is 15.0. The lowest BCUT2D eigenvalue weighted by Gasteiger charge is -2.32. The zero-order valence-corrected chi connectivity index (χ0v) is 15.8. The van der Waals surface area contributed by atoms with E-state index in [4.69, 9.17) is 16.3 Å². The molecule has 4 rings (SSSR count). The summed E-state index contributed by atoms with van der Waals surface area (Å²) in [4.78, 5) is 15.8. The van der Waals surface area contributed by atoms with Crippen LogP contribution in [0.4, 0.5) is 4.79 Å². The van der Waals surface area contributed by atoms with Crippen molar-refractivity contribution in [2.75, 3.05) is 13.1 Å². The monoisotopic (exact) mass is 402 g/mol. The molecule has 1 unspecified atom stereocenters. The summed E-state index contributed by atoms with van der Waals surface area (Å²) in [5.74, 6) is 0. The topological polar surface area (TPSA) is 104 Å². The van der Waals surface area contributed by atoms with Crippen LogP contribution in [0.15, 0.2) is 43.0 Å². The van der Waals surface area contributed by atoms with Crippen LogP contribution in [0, 0.1) is 0 Å². The zero-order chi connectivity index (χ0) is 19.3. The first-order valence-corrected chi connectivity index (χ1v) is 9.35. The molecule has 0 spiro atoms. The largest absolute Gasteiger partial charge is 0.439 e. The molecule has 2 aromatic heterocycles. The molecule has 1 aliphatic rings. The Morgan fingerprint density at radius 2 is 2.04 bits per heavy atom. The Morgan fingerprint density at radius 3 is 2.71 bits per heavy atom. The van der Waals surface area contributed by atoms with Gasteiger partial charge in [-0.15, -0.1) is 15.3 Å². The molecule has 1 amide bonds. The summed E-state index contributed by atoms with van der Waals surface area (Å²) >= 11 is 6.32. The molecule has 3 heterocycles. The van der Waals surface area contributed by atoms with E-state index in [0.717, 1.165) is 12.8 Å². The summed E-state index contributed by atoms with van der Waals surface area (Å²) in [5.41, 5.74) is 0.701. The van der Waals surface area contributed by atoms with E-state index in [1.807, 2.05) is 29.1 Å². The van der Waals surface area contributed by atoms with Crippen molar-refractivity contribution in [2.45, 2.75) is 31.5 Å². The highest BCUT2D eigenvalue weighted by atomic mass is 35.5. The number of rotatable bonds is 5. The first kappa shape index (κ1) is 18.4. The fraction of sp³-hybridized carbons (Fsp3) is 0.412. The maximum absolute atomic E-state index is 12.8. The minimum Gasteiger partial charge on any atom is -0.439 e. The quantitative estimate of drug-likeness (QED) is 0.643. The predicted octanol–water partition coefficient (Wildman–Crippen LogP) is 2.13. The average Bonchev–Trinajstić information content (AvgIpc) is 3.42. The van der Waals surface area contributed by atoms with Crippen molar-refractivity contribution in [3.63, 3.8) is 0 Å². The lowest BCUT2D eigenvalue weighted by molar-refractivity contribution is 0.0419. The third-order valence-electron chi connectivity index (χ3n) is 4.75. The molecular formula is C17H19ClN8O2. The molecule has 0 N–H and O–H groups in total. The van der Waals surface area contributed by atoms with Gasteiger partial charge in [0.2, 0.25) is 0 Å². The summed E-state index contributed by atoms with van der Waals surface area (Å²) < 4.78 is 7.63. The lowest BCUT2D eigenvalue weighted by Crippen LogP contribution is -2.40. The van der Waals surface area contributed by atoms with Crippen molar-refractivity contribution in [2.24, 2.45) is 0 Å². The van der Waals surface area contributed by atoms with Gasteiger partial charge in [0.05, 0.1) is 12.2 Å². The molecular weight excluding hydrogens is 384 g/mol. The molecule has 11 heteroatoms. The maximum Gasteiger partial charge on any atom is 0.410 e. The molecule has 0 bridgehead atoms. The number of likely N-dealkylation sites (tertiary alicyclic amines) is 1. The van der Waals surface area contributed by atoms with Gasteiger partial charge in [0.25, 0.3) is 0 Å². The van der Waals surface area contributed by atoms with E-state index < -0.39 is 6.10 Å². The third kappa shape index (κ3) is 4.11. The summed E-state index contributed by atoms with van der Waals surface area (Å²) in [6, 6.07) is 7.50. The Morgan fingerprint density at radius 1 is 1.21 bits per heavy atom. The van der Waals surface area contributed by atoms with Gasteiger partial charge in [-0.05, 0) is 24.1 Å². The maximum atomic E-state index is 12.8. The first-order valence-electron chi connectivity index (χ1n) is 8.97. The number of halogens is 1. The number of carbonyl (C=O) groups is 1. The number of amides is 1. The van der Waals surface area contributed by atoms with E-state index in [1.165, 1.54) is 11.1 Å². The summed E-state index contributed by atoms with van der Waals surface area (Å²) in [7, 11) is 0. The van der Waals surface area contributed by atoms with Gasteiger partial charge in [-0.2, -0.15) is 4.80 Å². The van der Waals surface area contributed by atoms with E-state index in [-0.39, 0.29) is 18.7 Å². The standard InChI is InChI=1S/C17H19ClN8O2/c18-15-4-2-1-3-14(15)16(11-26-21-12-20-23-26)28-17(27)24-8-5-13(6-9-24)25-10-7-19-22-25/h1-4,7,10,12-13,16H,5-6,8-9,11H2. The van der Waals surface area contributed by atoms with Crippen molar-refractivity contribution in [3.8, 4) is 0 Å². The van der Waals surface area contributed by atoms with Crippen LogP contribution in [0.25, 0.3) is 0 Å². The molecule has 10 nitrogen and oxygen atoms in total. The Hall–Kier alpha value is -3.01. The van der Waals surface area contributed by atoms with Gasteiger partial charge in [-0.25, -0.2) is 9.48 Å². The number of nitrogens with zero attached hydrogens (tertiary/aromatic N) is 8. The van der Waals surface area contributed by atoms with E-state index >= 15 is 0 Å². The number of carbonyl (C=O) groups excluding carboxylic acids is 1. The lowest BCUT2D eigenvalue weighted by atomic mass is 10.1. The molecule has 1 aromatic carbocycles. The van der Waals surface area contributed by atoms with Gasteiger partial charge < -0.3 is 9.64 Å². The second-order valence-electron chi connectivity index (χ2n) is 6.49. The van der Waals surface area contributed by atoms with Crippen LogP contribution in [0.5, 0.6) is 0 Å². The van der Waals surface area contributed by atoms with Gasteiger partial charge >= 0.3 is 6.09 Å². The van der Waals surface area contributed by atoms with Crippen molar-refractivity contribution >= 4 is 17.7 Å². The molecule has 146 valence electrons. The minimum absolute atomic E-state index is 0.227. The summed E-state index contributed by atoms with van der Waals surface area (Å²) in [6.45, 7) is 1.39. The highest BCUT2D eigenvalue weighted by Gasteiger charge is 2.28. The Balaban J connectivity index is 1.43. The number of hydrogen-bond acceptors (Lipinski definition) is 7. The van der Waals surface area contributed by atoms with Crippen LogP contribution in [-0.2, 0) is 11.3 Å². The highest BCUT2D eigenvalue weighted by Crippen LogP contribution is 2.28. The Kier molecular flexibility index (Phi) is 5.47. The van der Waals surface area contributed by atoms with Gasteiger partial charge in [0.15, 0.2) is 12.4 Å². The molecule has 0 aliphatic carbocycles. The van der Waals surface area contributed by atoms with Gasteiger partial charge in [0, 0.05) is 29.9 Å². The molecule has 1 saturated heterocycles. The second-order valence-corrected chi connectivity index (χ2v) is 6.89. The number of aromatic nitrogens is 7.